The van der Waals surface area contributed by atoms with Crippen LogP contribution in [0.15, 0.2) is 53.7 Å². The molecule has 2 aromatic rings. The predicted octanol–water partition coefficient (Wildman–Crippen LogP) is 3.45. The molecule has 1 saturated heterocycles. The quantitative estimate of drug-likeness (QED) is 0.806. The fourth-order valence-corrected chi connectivity index (χ4v) is 4.86. The van der Waals surface area contributed by atoms with Crippen LogP contribution in [0.5, 0.6) is 0 Å². The second kappa shape index (κ2) is 7.70. The van der Waals surface area contributed by atoms with Crippen molar-refractivity contribution in [3.05, 3.63) is 59.9 Å². The van der Waals surface area contributed by atoms with Gasteiger partial charge >= 0.3 is 0 Å². The smallest absolute Gasteiger partial charge is 0.243 e. The molecule has 1 aliphatic heterocycles. The van der Waals surface area contributed by atoms with Crippen molar-refractivity contribution >= 4 is 10.0 Å². The van der Waals surface area contributed by atoms with Gasteiger partial charge in [-0.1, -0.05) is 39.0 Å². The summed E-state index contributed by atoms with van der Waals surface area (Å²) in [4.78, 5) is 6.88. The Labute approximate surface area is 163 Å². The molecule has 0 saturated carbocycles. The maximum atomic E-state index is 13.0. The van der Waals surface area contributed by atoms with Crippen molar-refractivity contribution in [3.63, 3.8) is 0 Å². The molecule has 1 atom stereocenters. The normalized spacial score (nSPS) is 18.4. The number of hydrogen-bond acceptors (Lipinski definition) is 4. The van der Waals surface area contributed by atoms with E-state index in [9.17, 15) is 8.42 Å². The maximum Gasteiger partial charge on any atom is 0.243 e. The third-order valence-corrected chi connectivity index (χ3v) is 7.26. The molecule has 0 amide bonds. The highest BCUT2D eigenvalue weighted by Crippen LogP contribution is 2.26. The fourth-order valence-electron chi connectivity index (χ4n) is 3.44. The zero-order chi connectivity index (χ0) is 19.7. The average Bonchev–Trinajstić information content (AvgIpc) is 2.67. The number of piperazine rings is 1. The molecular weight excluding hydrogens is 358 g/mol. The first-order valence-electron chi connectivity index (χ1n) is 9.44. The standard InChI is InChI=1S/C21H29N3O2S/c1-17(18-6-5-11-22-16-18)23-12-14-24(15-13-23)27(25,26)20-9-7-19(8-10-20)21(2,3)4/h5-11,16-17H,12-15H2,1-4H3/t17-/m0/s1. The van der Waals surface area contributed by atoms with Crippen molar-refractivity contribution in [3.8, 4) is 0 Å². The summed E-state index contributed by atoms with van der Waals surface area (Å²) in [7, 11) is -3.44. The molecule has 1 aliphatic rings. The van der Waals surface area contributed by atoms with Crippen LogP contribution in [0.1, 0.15) is 44.9 Å². The van der Waals surface area contributed by atoms with Crippen molar-refractivity contribution < 1.29 is 8.42 Å². The van der Waals surface area contributed by atoms with E-state index >= 15 is 0 Å². The molecule has 0 aliphatic carbocycles. The Hall–Kier alpha value is -1.76. The number of nitrogens with zero attached hydrogens (tertiary/aromatic N) is 3. The van der Waals surface area contributed by atoms with Gasteiger partial charge in [-0.2, -0.15) is 4.31 Å². The van der Waals surface area contributed by atoms with Gasteiger partial charge in [0.25, 0.3) is 0 Å². The van der Waals surface area contributed by atoms with Crippen LogP contribution >= 0.6 is 0 Å². The summed E-state index contributed by atoms with van der Waals surface area (Å²) in [6.07, 6.45) is 3.65. The molecule has 2 heterocycles. The average molecular weight is 388 g/mol. The van der Waals surface area contributed by atoms with Gasteiger partial charge in [-0.25, -0.2) is 8.42 Å². The highest BCUT2D eigenvalue weighted by atomic mass is 32.2. The Morgan fingerprint density at radius 1 is 1.00 bits per heavy atom. The Morgan fingerprint density at radius 2 is 1.63 bits per heavy atom. The van der Waals surface area contributed by atoms with Crippen LogP contribution in [0.2, 0.25) is 0 Å². The lowest BCUT2D eigenvalue weighted by Crippen LogP contribution is -2.49. The molecule has 146 valence electrons. The molecule has 0 spiro atoms. The minimum absolute atomic E-state index is 0.0103. The summed E-state index contributed by atoms with van der Waals surface area (Å²) in [6, 6.07) is 11.6. The van der Waals surface area contributed by atoms with Crippen molar-refractivity contribution in [1.82, 2.24) is 14.2 Å². The number of benzene rings is 1. The van der Waals surface area contributed by atoms with Crippen LogP contribution < -0.4 is 0 Å². The van der Waals surface area contributed by atoms with Gasteiger partial charge in [-0.3, -0.25) is 9.88 Å². The van der Waals surface area contributed by atoms with Gasteiger partial charge in [0.05, 0.1) is 4.90 Å². The highest BCUT2D eigenvalue weighted by molar-refractivity contribution is 7.89. The Bertz CT molecular complexity index is 851. The van der Waals surface area contributed by atoms with Crippen LogP contribution in [0.25, 0.3) is 0 Å². The molecule has 6 heteroatoms. The summed E-state index contributed by atoms with van der Waals surface area (Å²) in [6.45, 7) is 11.0. The zero-order valence-corrected chi connectivity index (χ0v) is 17.4. The Balaban J connectivity index is 1.68. The minimum atomic E-state index is -3.44. The number of rotatable bonds is 4. The van der Waals surface area contributed by atoms with Gasteiger partial charge in [-0.05, 0) is 41.7 Å². The van der Waals surface area contributed by atoms with Crippen LogP contribution in [-0.2, 0) is 15.4 Å². The number of pyridine rings is 1. The second-order valence-electron chi connectivity index (χ2n) is 8.18. The first kappa shape index (κ1) is 20.0. The molecule has 27 heavy (non-hydrogen) atoms. The third kappa shape index (κ3) is 4.39. The molecule has 0 radical (unpaired) electrons. The van der Waals surface area contributed by atoms with E-state index in [1.807, 2.05) is 24.4 Å². The van der Waals surface area contributed by atoms with Crippen LogP contribution in [0.3, 0.4) is 0 Å². The van der Waals surface area contributed by atoms with Gasteiger partial charge < -0.3 is 0 Å². The van der Waals surface area contributed by atoms with Crippen LogP contribution in [0, 0.1) is 0 Å². The molecule has 1 aromatic carbocycles. The van der Waals surface area contributed by atoms with Gasteiger partial charge in [0.15, 0.2) is 0 Å². The van der Waals surface area contributed by atoms with E-state index < -0.39 is 10.0 Å². The van der Waals surface area contributed by atoms with E-state index in [1.54, 1.807) is 22.6 Å². The monoisotopic (exact) mass is 387 g/mol. The highest BCUT2D eigenvalue weighted by Gasteiger charge is 2.30. The number of hydrogen-bond donors (Lipinski definition) is 0. The van der Waals surface area contributed by atoms with E-state index in [-0.39, 0.29) is 11.5 Å². The summed E-state index contributed by atoms with van der Waals surface area (Å²) in [5, 5.41) is 0. The van der Waals surface area contributed by atoms with Gasteiger partial charge in [0, 0.05) is 44.6 Å². The van der Waals surface area contributed by atoms with E-state index in [0.717, 1.165) is 24.2 Å². The number of aromatic nitrogens is 1. The predicted molar refractivity (Wildman–Crippen MR) is 108 cm³/mol. The molecule has 3 rings (SSSR count). The van der Waals surface area contributed by atoms with Gasteiger partial charge in [-0.15, -0.1) is 0 Å². The largest absolute Gasteiger partial charge is 0.294 e. The van der Waals surface area contributed by atoms with Crippen LogP contribution in [-0.4, -0.2) is 48.8 Å². The lowest BCUT2D eigenvalue weighted by atomic mass is 9.87. The number of sulfonamides is 1. The van der Waals surface area contributed by atoms with E-state index in [2.05, 4.69) is 43.6 Å². The van der Waals surface area contributed by atoms with E-state index in [0.29, 0.717) is 18.0 Å². The molecule has 0 N–H and O–H groups in total. The van der Waals surface area contributed by atoms with E-state index in [1.165, 1.54) is 0 Å². The van der Waals surface area contributed by atoms with E-state index in [4.69, 9.17) is 0 Å². The molecule has 0 unspecified atom stereocenters. The van der Waals surface area contributed by atoms with Crippen molar-refractivity contribution in [2.24, 2.45) is 0 Å². The van der Waals surface area contributed by atoms with Gasteiger partial charge in [0.1, 0.15) is 0 Å². The topological polar surface area (TPSA) is 53.5 Å². The molecular formula is C21H29N3O2S. The maximum absolute atomic E-state index is 13.0. The first-order chi connectivity index (χ1) is 12.7. The SMILES string of the molecule is C[C@@H](c1cccnc1)N1CCN(S(=O)(=O)c2ccc(C(C)(C)C)cc2)CC1. The summed E-state index contributed by atoms with van der Waals surface area (Å²) in [5.41, 5.74) is 2.30. The lowest BCUT2D eigenvalue weighted by molar-refractivity contribution is 0.145. The zero-order valence-electron chi connectivity index (χ0n) is 16.6. The van der Waals surface area contributed by atoms with Crippen molar-refractivity contribution in [2.75, 3.05) is 26.2 Å². The Morgan fingerprint density at radius 3 is 2.15 bits per heavy atom. The second-order valence-corrected chi connectivity index (χ2v) is 10.1. The molecule has 0 bridgehead atoms. The summed E-state index contributed by atoms with van der Waals surface area (Å²) >= 11 is 0. The van der Waals surface area contributed by atoms with Crippen LogP contribution in [0.4, 0.5) is 0 Å². The summed E-state index contributed by atoms with van der Waals surface area (Å²) < 4.78 is 27.6. The Kier molecular flexibility index (Phi) is 5.70. The first-order valence-corrected chi connectivity index (χ1v) is 10.9. The molecule has 1 aromatic heterocycles. The summed E-state index contributed by atoms with van der Waals surface area (Å²) in [5.74, 6) is 0. The fraction of sp³-hybridized carbons (Fsp3) is 0.476. The molecule has 1 fully saturated rings. The lowest BCUT2D eigenvalue weighted by Gasteiger charge is -2.37. The van der Waals surface area contributed by atoms with Crippen molar-refractivity contribution in [1.29, 1.82) is 0 Å². The minimum Gasteiger partial charge on any atom is -0.294 e. The third-order valence-electron chi connectivity index (χ3n) is 5.35. The van der Waals surface area contributed by atoms with Gasteiger partial charge in [0.2, 0.25) is 10.0 Å². The van der Waals surface area contributed by atoms with Crippen molar-refractivity contribution in [2.45, 2.75) is 44.0 Å². The molecule has 5 nitrogen and oxygen atoms in total.